The minimum Gasteiger partial charge on any atom is -0.316 e. The zero-order valence-electron chi connectivity index (χ0n) is 11.4. The van der Waals surface area contributed by atoms with E-state index in [1.165, 1.54) is 58.0 Å². The van der Waals surface area contributed by atoms with Crippen LogP contribution in [0.4, 0.5) is 0 Å². The Kier molecular flexibility index (Phi) is 9.18. The van der Waals surface area contributed by atoms with E-state index in [-0.39, 0.29) is 0 Å². The van der Waals surface area contributed by atoms with Crippen molar-refractivity contribution in [3.8, 4) is 0 Å². The molecule has 1 unspecified atom stereocenters. The number of hydrogen-bond acceptors (Lipinski definition) is 1. The lowest BCUT2D eigenvalue weighted by molar-refractivity contribution is 0.260. The number of rotatable bonds is 10. The van der Waals surface area contributed by atoms with E-state index in [9.17, 15) is 0 Å². The predicted octanol–water partition coefficient (Wildman–Crippen LogP) is 4.37. The summed E-state index contributed by atoms with van der Waals surface area (Å²) in [5.74, 6) is 0. The van der Waals surface area contributed by atoms with Crippen molar-refractivity contribution in [3.63, 3.8) is 0 Å². The van der Waals surface area contributed by atoms with Crippen LogP contribution in [0.3, 0.4) is 0 Å². The molecule has 0 aromatic rings. The summed E-state index contributed by atoms with van der Waals surface area (Å²) < 4.78 is 0. The molecule has 0 heterocycles. The highest BCUT2D eigenvalue weighted by Gasteiger charge is 2.20. The van der Waals surface area contributed by atoms with Gasteiger partial charge in [0.15, 0.2) is 0 Å². The van der Waals surface area contributed by atoms with E-state index in [0.29, 0.717) is 5.41 Å². The van der Waals surface area contributed by atoms with Gasteiger partial charge in [-0.05, 0) is 31.2 Å². The first-order chi connectivity index (χ1) is 7.18. The minimum atomic E-state index is 0.531. The second kappa shape index (κ2) is 9.21. The molecular weight excluding hydrogens is 182 g/mol. The minimum absolute atomic E-state index is 0.531. The Bertz CT molecular complexity index is 133. The van der Waals surface area contributed by atoms with E-state index in [1.807, 2.05) is 0 Å². The molecule has 1 atom stereocenters. The summed E-state index contributed by atoms with van der Waals surface area (Å²) >= 11 is 0. The van der Waals surface area contributed by atoms with E-state index in [0.717, 1.165) is 0 Å². The first-order valence-corrected chi connectivity index (χ1v) is 6.89. The molecule has 0 saturated carbocycles. The fourth-order valence-corrected chi connectivity index (χ4v) is 1.94. The monoisotopic (exact) mass is 213 g/mol. The molecule has 0 aliphatic heterocycles. The molecule has 92 valence electrons. The molecule has 0 saturated heterocycles. The van der Waals surface area contributed by atoms with Crippen molar-refractivity contribution in [1.29, 1.82) is 0 Å². The van der Waals surface area contributed by atoms with Gasteiger partial charge in [-0.1, -0.05) is 53.4 Å². The highest BCUT2D eigenvalue weighted by Crippen LogP contribution is 2.27. The topological polar surface area (TPSA) is 12.0 Å². The average molecular weight is 213 g/mol. The third-order valence-electron chi connectivity index (χ3n) is 3.47. The van der Waals surface area contributed by atoms with Gasteiger partial charge in [0.05, 0.1) is 0 Å². The molecule has 0 aromatic heterocycles. The lowest BCUT2D eigenvalue weighted by atomic mass is 9.82. The summed E-state index contributed by atoms with van der Waals surface area (Å²) in [7, 11) is 0. The van der Waals surface area contributed by atoms with Gasteiger partial charge in [-0.25, -0.2) is 0 Å². The number of nitrogens with one attached hydrogen (secondary N) is 1. The third-order valence-corrected chi connectivity index (χ3v) is 3.47. The van der Waals surface area contributed by atoms with E-state index in [1.54, 1.807) is 0 Å². The van der Waals surface area contributed by atoms with Crippen LogP contribution in [0.15, 0.2) is 0 Å². The molecule has 0 spiro atoms. The van der Waals surface area contributed by atoms with Crippen LogP contribution in [-0.2, 0) is 0 Å². The second-order valence-electron chi connectivity index (χ2n) is 5.15. The lowest BCUT2D eigenvalue weighted by Gasteiger charge is -2.28. The quantitative estimate of drug-likeness (QED) is 0.531. The van der Waals surface area contributed by atoms with Crippen molar-refractivity contribution in [2.75, 3.05) is 13.1 Å². The summed E-state index contributed by atoms with van der Waals surface area (Å²) in [6.45, 7) is 11.6. The summed E-state index contributed by atoms with van der Waals surface area (Å²) in [4.78, 5) is 0. The first kappa shape index (κ1) is 15.0. The highest BCUT2D eigenvalue weighted by molar-refractivity contribution is 4.75. The van der Waals surface area contributed by atoms with E-state index >= 15 is 0 Å². The Morgan fingerprint density at radius 3 is 2.20 bits per heavy atom. The molecule has 15 heavy (non-hydrogen) atoms. The highest BCUT2D eigenvalue weighted by atomic mass is 14.9. The maximum atomic E-state index is 3.57. The third kappa shape index (κ3) is 7.84. The zero-order valence-corrected chi connectivity index (χ0v) is 11.4. The normalized spacial score (nSPS) is 15.2. The van der Waals surface area contributed by atoms with Gasteiger partial charge in [0.1, 0.15) is 0 Å². The average Bonchev–Trinajstić information content (AvgIpc) is 2.25. The van der Waals surface area contributed by atoms with Crippen LogP contribution < -0.4 is 5.32 Å². The van der Waals surface area contributed by atoms with Gasteiger partial charge in [0.25, 0.3) is 0 Å². The SMILES string of the molecule is CCCCCCC(C)(CC)CNCCC. The summed E-state index contributed by atoms with van der Waals surface area (Å²) in [5.41, 5.74) is 0.531. The zero-order chi connectivity index (χ0) is 11.6. The standard InChI is InChI=1S/C14H31N/c1-5-8-9-10-11-14(4,7-3)13-15-12-6-2/h15H,5-13H2,1-4H3. The van der Waals surface area contributed by atoms with E-state index < -0.39 is 0 Å². The number of unbranched alkanes of at least 4 members (excludes halogenated alkanes) is 3. The van der Waals surface area contributed by atoms with Gasteiger partial charge < -0.3 is 5.32 Å². The van der Waals surface area contributed by atoms with Crippen molar-refractivity contribution < 1.29 is 0 Å². The van der Waals surface area contributed by atoms with Gasteiger partial charge in [-0.15, -0.1) is 0 Å². The van der Waals surface area contributed by atoms with Crippen molar-refractivity contribution in [2.45, 2.75) is 72.6 Å². The molecule has 0 bridgehead atoms. The molecule has 0 rings (SSSR count). The van der Waals surface area contributed by atoms with Gasteiger partial charge in [-0.3, -0.25) is 0 Å². The van der Waals surface area contributed by atoms with E-state index in [4.69, 9.17) is 0 Å². The fourth-order valence-electron chi connectivity index (χ4n) is 1.94. The maximum absolute atomic E-state index is 3.57. The molecule has 0 aromatic carbocycles. The molecule has 1 N–H and O–H groups in total. The van der Waals surface area contributed by atoms with Crippen molar-refractivity contribution in [3.05, 3.63) is 0 Å². The molecule has 0 aliphatic rings. The Morgan fingerprint density at radius 1 is 0.933 bits per heavy atom. The molecule has 0 radical (unpaired) electrons. The molecule has 1 nitrogen and oxygen atoms in total. The smallest absolute Gasteiger partial charge is 0.000506 e. The molecule has 0 fully saturated rings. The van der Waals surface area contributed by atoms with Crippen LogP contribution in [0.1, 0.15) is 72.6 Å². The Morgan fingerprint density at radius 2 is 1.67 bits per heavy atom. The molecule has 1 heteroatoms. The first-order valence-electron chi connectivity index (χ1n) is 6.89. The summed E-state index contributed by atoms with van der Waals surface area (Å²) in [6.07, 6.45) is 9.51. The van der Waals surface area contributed by atoms with Crippen LogP contribution in [0.5, 0.6) is 0 Å². The van der Waals surface area contributed by atoms with Gasteiger partial charge in [-0.2, -0.15) is 0 Å². The predicted molar refractivity (Wildman–Crippen MR) is 70.3 cm³/mol. The van der Waals surface area contributed by atoms with Crippen molar-refractivity contribution >= 4 is 0 Å². The Hall–Kier alpha value is -0.0400. The van der Waals surface area contributed by atoms with Crippen LogP contribution >= 0.6 is 0 Å². The largest absolute Gasteiger partial charge is 0.316 e. The molecular formula is C14H31N. The van der Waals surface area contributed by atoms with Crippen LogP contribution in [-0.4, -0.2) is 13.1 Å². The fraction of sp³-hybridized carbons (Fsp3) is 1.00. The molecule has 0 aliphatic carbocycles. The summed E-state index contributed by atoms with van der Waals surface area (Å²) in [5, 5.41) is 3.57. The maximum Gasteiger partial charge on any atom is 0.000506 e. The van der Waals surface area contributed by atoms with Gasteiger partial charge >= 0.3 is 0 Å². The lowest BCUT2D eigenvalue weighted by Crippen LogP contribution is -2.31. The summed E-state index contributed by atoms with van der Waals surface area (Å²) in [6, 6.07) is 0. The van der Waals surface area contributed by atoms with Crippen molar-refractivity contribution in [2.24, 2.45) is 5.41 Å². The second-order valence-corrected chi connectivity index (χ2v) is 5.15. The van der Waals surface area contributed by atoms with Crippen LogP contribution in [0.25, 0.3) is 0 Å². The van der Waals surface area contributed by atoms with Gasteiger partial charge in [0.2, 0.25) is 0 Å². The van der Waals surface area contributed by atoms with Crippen LogP contribution in [0.2, 0.25) is 0 Å². The van der Waals surface area contributed by atoms with E-state index in [2.05, 4.69) is 33.0 Å². The Labute approximate surface area is 97.0 Å². The Balaban J connectivity index is 3.65. The van der Waals surface area contributed by atoms with Crippen molar-refractivity contribution in [1.82, 2.24) is 5.32 Å². The molecule has 0 amide bonds. The number of hydrogen-bond donors (Lipinski definition) is 1. The van der Waals surface area contributed by atoms with Crippen LogP contribution in [0, 0.1) is 5.41 Å². The van der Waals surface area contributed by atoms with Gasteiger partial charge in [0, 0.05) is 6.54 Å².